The molecule has 1 rings (SSSR count). The maximum Gasteiger partial charge on any atom is 0.251 e. The fourth-order valence-corrected chi connectivity index (χ4v) is 1.51. The highest BCUT2D eigenvalue weighted by Gasteiger charge is 2.28. The normalized spacial score (nSPS) is 31.6. The Morgan fingerprint density at radius 1 is 1.67 bits per heavy atom. The van der Waals surface area contributed by atoms with Crippen LogP contribution in [-0.2, 0) is 4.79 Å². The number of likely N-dealkylation sites (N-methyl/N-ethyl adjacent to an activating group) is 1. The molecule has 1 saturated heterocycles. The van der Waals surface area contributed by atoms with Gasteiger partial charge in [0.15, 0.2) is 0 Å². The van der Waals surface area contributed by atoms with Gasteiger partial charge in [-0.1, -0.05) is 0 Å². The van der Waals surface area contributed by atoms with Crippen molar-refractivity contribution < 1.29 is 4.79 Å². The number of hydrazine groups is 1. The molecule has 2 unspecified atom stereocenters. The smallest absolute Gasteiger partial charge is 0.251 e. The van der Waals surface area contributed by atoms with Crippen LogP contribution >= 0.6 is 0 Å². The minimum atomic E-state index is -0.154. The van der Waals surface area contributed by atoms with Gasteiger partial charge in [-0.2, -0.15) is 0 Å². The van der Waals surface area contributed by atoms with Crippen LogP contribution in [0.2, 0.25) is 0 Å². The number of hydrogen-bond donors (Lipinski definition) is 3. The average molecular weight is 172 g/mol. The molecule has 0 aromatic carbocycles. The first-order chi connectivity index (χ1) is 5.65. The third-order valence-electron chi connectivity index (χ3n) is 2.36. The predicted octanol–water partition coefficient (Wildman–Crippen LogP) is -1.60. The zero-order chi connectivity index (χ0) is 9.14. The highest BCUT2D eigenvalue weighted by Crippen LogP contribution is 2.13. The molecule has 0 aliphatic carbocycles. The summed E-state index contributed by atoms with van der Waals surface area (Å²) in [6.07, 6.45) is 1.64. The van der Waals surface area contributed by atoms with Crippen molar-refractivity contribution in [2.24, 2.45) is 11.6 Å². The summed E-state index contributed by atoms with van der Waals surface area (Å²) in [5, 5.41) is 0. The first-order valence-electron chi connectivity index (χ1n) is 4.11. The summed E-state index contributed by atoms with van der Waals surface area (Å²) in [5.41, 5.74) is 7.88. The summed E-state index contributed by atoms with van der Waals surface area (Å²) in [4.78, 5) is 13.2. The molecule has 0 aromatic heterocycles. The number of nitrogens with zero attached hydrogens (tertiary/aromatic N) is 1. The molecule has 5 N–H and O–H groups in total. The van der Waals surface area contributed by atoms with Gasteiger partial charge >= 0.3 is 0 Å². The molecule has 5 nitrogen and oxygen atoms in total. The summed E-state index contributed by atoms with van der Waals surface area (Å²) in [6.45, 7) is 0.860. The molecule has 70 valence electrons. The van der Waals surface area contributed by atoms with Crippen molar-refractivity contribution in [2.75, 3.05) is 13.6 Å². The van der Waals surface area contributed by atoms with Gasteiger partial charge in [-0.3, -0.25) is 15.1 Å². The number of carbonyl (C=O) groups excluding carboxylic acids is 1. The monoisotopic (exact) mass is 172 g/mol. The molecule has 0 spiro atoms. The SMILES string of the molecule is CN1CCC(N)CC1C(=O)NN. The van der Waals surface area contributed by atoms with Crippen molar-refractivity contribution in [3.8, 4) is 0 Å². The van der Waals surface area contributed by atoms with Crippen LogP contribution in [0.15, 0.2) is 0 Å². The topological polar surface area (TPSA) is 84.4 Å². The summed E-state index contributed by atoms with van der Waals surface area (Å²) in [5.74, 6) is 4.90. The Labute approximate surface area is 72.0 Å². The Hall–Kier alpha value is -0.650. The van der Waals surface area contributed by atoms with E-state index in [2.05, 4.69) is 5.43 Å². The van der Waals surface area contributed by atoms with E-state index >= 15 is 0 Å². The van der Waals surface area contributed by atoms with E-state index in [0.29, 0.717) is 6.42 Å². The maximum atomic E-state index is 11.2. The van der Waals surface area contributed by atoms with Crippen LogP contribution < -0.4 is 17.0 Å². The van der Waals surface area contributed by atoms with Crippen LogP contribution in [0.1, 0.15) is 12.8 Å². The van der Waals surface area contributed by atoms with Gasteiger partial charge in [0, 0.05) is 12.6 Å². The van der Waals surface area contributed by atoms with Crippen molar-refractivity contribution >= 4 is 5.91 Å². The van der Waals surface area contributed by atoms with Gasteiger partial charge in [0.25, 0.3) is 5.91 Å². The van der Waals surface area contributed by atoms with E-state index in [1.807, 2.05) is 11.9 Å². The van der Waals surface area contributed by atoms with E-state index in [9.17, 15) is 4.79 Å². The van der Waals surface area contributed by atoms with Crippen LogP contribution in [0.25, 0.3) is 0 Å². The van der Waals surface area contributed by atoms with E-state index in [4.69, 9.17) is 11.6 Å². The van der Waals surface area contributed by atoms with Gasteiger partial charge < -0.3 is 5.73 Å². The van der Waals surface area contributed by atoms with E-state index < -0.39 is 0 Å². The molecule has 2 atom stereocenters. The second kappa shape index (κ2) is 3.84. The minimum absolute atomic E-state index is 0.128. The van der Waals surface area contributed by atoms with Gasteiger partial charge in [-0.05, 0) is 19.9 Å². The molecular formula is C7H16N4O. The van der Waals surface area contributed by atoms with Crippen LogP contribution in [0.5, 0.6) is 0 Å². The molecule has 1 fully saturated rings. The molecular weight excluding hydrogens is 156 g/mol. The summed E-state index contributed by atoms with van der Waals surface area (Å²) in [6, 6.07) is -0.0257. The molecule has 0 radical (unpaired) electrons. The standard InChI is InChI=1S/C7H16N4O/c1-11-3-2-5(8)4-6(11)7(12)10-9/h5-6H,2-4,8-9H2,1H3,(H,10,12). The van der Waals surface area contributed by atoms with Crippen LogP contribution in [0.4, 0.5) is 0 Å². The fraction of sp³-hybridized carbons (Fsp3) is 0.857. The zero-order valence-corrected chi connectivity index (χ0v) is 7.29. The lowest BCUT2D eigenvalue weighted by molar-refractivity contribution is -0.127. The Balaban J connectivity index is 2.54. The summed E-state index contributed by atoms with van der Waals surface area (Å²) < 4.78 is 0. The Bertz CT molecular complexity index is 173. The fourth-order valence-electron chi connectivity index (χ4n) is 1.51. The Morgan fingerprint density at radius 3 is 2.92 bits per heavy atom. The van der Waals surface area contributed by atoms with Gasteiger partial charge in [0.1, 0.15) is 0 Å². The van der Waals surface area contributed by atoms with Crippen LogP contribution in [-0.4, -0.2) is 36.5 Å². The number of rotatable bonds is 1. The van der Waals surface area contributed by atoms with Gasteiger partial charge in [-0.15, -0.1) is 0 Å². The minimum Gasteiger partial charge on any atom is -0.328 e. The molecule has 1 amide bonds. The van der Waals surface area contributed by atoms with Crippen LogP contribution in [0.3, 0.4) is 0 Å². The number of nitrogens with one attached hydrogen (secondary N) is 1. The summed E-state index contributed by atoms with van der Waals surface area (Å²) >= 11 is 0. The van der Waals surface area contributed by atoms with Gasteiger partial charge in [-0.25, -0.2) is 5.84 Å². The Morgan fingerprint density at radius 2 is 2.33 bits per heavy atom. The largest absolute Gasteiger partial charge is 0.328 e. The number of piperidine rings is 1. The molecule has 1 aliphatic rings. The third kappa shape index (κ3) is 1.94. The van der Waals surface area contributed by atoms with Gasteiger partial charge in [0.2, 0.25) is 0 Å². The molecule has 0 bridgehead atoms. The maximum absolute atomic E-state index is 11.2. The van der Waals surface area contributed by atoms with Gasteiger partial charge in [0.05, 0.1) is 6.04 Å². The lowest BCUT2D eigenvalue weighted by Gasteiger charge is -2.33. The van der Waals surface area contributed by atoms with E-state index in [1.165, 1.54) is 0 Å². The average Bonchev–Trinajstić information content (AvgIpc) is 2.08. The van der Waals surface area contributed by atoms with E-state index in [0.717, 1.165) is 13.0 Å². The van der Waals surface area contributed by atoms with Crippen molar-refractivity contribution in [1.82, 2.24) is 10.3 Å². The first kappa shape index (κ1) is 9.44. The third-order valence-corrected chi connectivity index (χ3v) is 2.36. The molecule has 1 aliphatic heterocycles. The highest BCUT2D eigenvalue weighted by atomic mass is 16.2. The number of amides is 1. The quantitative estimate of drug-likeness (QED) is 0.252. The first-order valence-corrected chi connectivity index (χ1v) is 4.11. The van der Waals surface area contributed by atoms with Crippen molar-refractivity contribution in [3.63, 3.8) is 0 Å². The number of likely N-dealkylation sites (tertiary alicyclic amines) is 1. The zero-order valence-electron chi connectivity index (χ0n) is 7.29. The second-order valence-electron chi connectivity index (χ2n) is 3.29. The van der Waals surface area contributed by atoms with E-state index in [1.54, 1.807) is 0 Å². The summed E-state index contributed by atoms with van der Waals surface area (Å²) in [7, 11) is 1.91. The molecule has 1 heterocycles. The molecule has 5 heteroatoms. The lowest BCUT2D eigenvalue weighted by Crippen LogP contribution is -2.53. The molecule has 12 heavy (non-hydrogen) atoms. The molecule has 0 saturated carbocycles. The van der Waals surface area contributed by atoms with Crippen molar-refractivity contribution in [3.05, 3.63) is 0 Å². The predicted molar refractivity (Wildman–Crippen MR) is 46.0 cm³/mol. The molecule has 0 aromatic rings. The van der Waals surface area contributed by atoms with E-state index in [-0.39, 0.29) is 18.0 Å². The van der Waals surface area contributed by atoms with Crippen LogP contribution in [0, 0.1) is 0 Å². The number of hydrogen-bond acceptors (Lipinski definition) is 4. The number of carbonyl (C=O) groups is 1. The van der Waals surface area contributed by atoms with Crippen molar-refractivity contribution in [1.29, 1.82) is 0 Å². The highest BCUT2D eigenvalue weighted by molar-refractivity contribution is 5.81. The number of nitrogens with two attached hydrogens (primary N) is 2. The Kier molecular flexibility index (Phi) is 3.02. The van der Waals surface area contributed by atoms with Crippen molar-refractivity contribution in [2.45, 2.75) is 24.9 Å². The second-order valence-corrected chi connectivity index (χ2v) is 3.29. The lowest BCUT2D eigenvalue weighted by atomic mass is 9.98.